The quantitative estimate of drug-likeness (QED) is 0.745. The molecule has 0 aromatic carbocycles. The minimum atomic E-state index is -1.05. The van der Waals surface area contributed by atoms with Gasteiger partial charge < -0.3 is 5.11 Å². The van der Waals surface area contributed by atoms with Gasteiger partial charge in [-0.2, -0.15) is 0 Å². The third-order valence-corrected chi connectivity index (χ3v) is 2.21. The maximum absolute atomic E-state index is 10.9. The number of nitrogens with zero attached hydrogens (tertiary/aromatic N) is 2. The Hall–Kier alpha value is -2.17. The lowest BCUT2D eigenvalue weighted by Crippen LogP contribution is -2.01. The lowest BCUT2D eigenvalue weighted by atomic mass is 10.3. The van der Waals surface area contributed by atoms with E-state index in [0.29, 0.717) is 23.3 Å². The van der Waals surface area contributed by atoms with Crippen LogP contribution >= 0.6 is 0 Å². The number of rotatable bonds is 2. The highest BCUT2D eigenvalue weighted by atomic mass is 16.4. The number of aldehydes is 1. The van der Waals surface area contributed by atoms with Gasteiger partial charge in [0.1, 0.15) is 11.3 Å². The summed E-state index contributed by atoms with van der Waals surface area (Å²) in [5.74, 6) is -1.05. The molecule has 0 bridgehead atoms. The molecule has 2 heterocycles. The zero-order chi connectivity index (χ0) is 11.0. The molecule has 15 heavy (non-hydrogen) atoms. The molecule has 0 amide bonds. The van der Waals surface area contributed by atoms with Gasteiger partial charge in [-0.3, -0.25) is 9.20 Å². The molecule has 76 valence electrons. The topological polar surface area (TPSA) is 71.7 Å². The number of hydrogen-bond acceptors (Lipinski definition) is 3. The van der Waals surface area contributed by atoms with Crippen LogP contribution < -0.4 is 0 Å². The summed E-state index contributed by atoms with van der Waals surface area (Å²) < 4.78 is 1.48. The lowest BCUT2D eigenvalue weighted by Gasteiger charge is -1.98. The molecule has 0 saturated carbocycles. The second-order valence-electron chi connectivity index (χ2n) is 3.12. The predicted molar refractivity (Wildman–Crippen MR) is 52.3 cm³/mol. The van der Waals surface area contributed by atoms with Crippen LogP contribution in [-0.2, 0) is 0 Å². The molecule has 0 radical (unpaired) electrons. The maximum Gasteiger partial charge on any atom is 0.339 e. The third-order valence-electron chi connectivity index (χ3n) is 2.21. The maximum atomic E-state index is 10.9. The summed E-state index contributed by atoms with van der Waals surface area (Å²) in [5, 5.41) is 8.91. The number of fused-ring (bicyclic) bond motifs is 1. The molecular weight excluding hydrogens is 196 g/mol. The first-order valence-corrected chi connectivity index (χ1v) is 4.31. The summed E-state index contributed by atoms with van der Waals surface area (Å²) >= 11 is 0. The Morgan fingerprint density at radius 2 is 2.33 bits per heavy atom. The number of carbonyl (C=O) groups excluding carboxylic acids is 1. The fraction of sp³-hybridized carbons (Fsp3) is 0.100. The van der Waals surface area contributed by atoms with Crippen LogP contribution in [0.4, 0.5) is 0 Å². The van der Waals surface area contributed by atoms with Gasteiger partial charge in [-0.1, -0.05) is 0 Å². The summed E-state index contributed by atoms with van der Waals surface area (Å²) in [6.07, 6.45) is 2.28. The predicted octanol–water partition coefficient (Wildman–Crippen LogP) is 1.15. The molecule has 0 aliphatic rings. The van der Waals surface area contributed by atoms with Gasteiger partial charge in [0.15, 0.2) is 11.9 Å². The van der Waals surface area contributed by atoms with Crippen molar-refractivity contribution in [3.63, 3.8) is 0 Å². The Balaban J connectivity index is 2.89. The molecule has 0 spiro atoms. The summed E-state index contributed by atoms with van der Waals surface area (Å²) in [7, 11) is 0. The molecule has 2 rings (SSSR count). The molecular formula is C10H8N2O3. The Morgan fingerprint density at radius 1 is 1.60 bits per heavy atom. The van der Waals surface area contributed by atoms with E-state index in [1.807, 2.05) is 0 Å². The van der Waals surface area contributed by atoms with Crippen LogP contribution in [0, 0.1) is 6.92 Å². The van der Waals surface area contributed by atoms with E-state index in [0.717, 1.165) is 0 Å². The minimum Gasteiger partial charge on any atom is -0.478 e. The lowest BCUT2D eigenvalue weighted by molar-refractivity contribution is 0.0698. The number of imidazole rings is 1. The van der Waals surface area contributed by atoms with E-state index in [4.69, 9.17) is 5.11 Å². The number of aryl methyl sites for hydroxylation is 1. The molecule has 0 unspecified atom stereocenters. The van der Waals surface area contributed by atoms with Crippen LogP contribution in [0.1, 0.15) is 26.5 Å². The van der Waals surface area contributed by atoms with Crippen molar-refractivity contribution in [2.75, 3.05) is 0 Å². The number of hydrogen-bond donors (Lipinski definition) is 1. The third kappa shape index (κ3) is 1.28. The Bertz CT molecular complexity index is 557. The first-order valence-electron chi connectivity index (χ1n) is 4.31. The van der Waals surface area contributed by atoms with Gasteiger partial charge >= 0.3 is 5.97 Å². The van der Waals surface area contributed by atoms with E-state index in [9.17, 15) is 9.59 Å². The van der Waals surface area contributed by atoms with Crippen molar-refractivity contribution in [2.24, 2.45) is 0 Å². The standard InChI is InChI=1S/C10H8N2O3/c1-6-8(5-13)12-4-2-3-7(10(14)15)9(12)11-6/h2-5H,1H3,(H,14,15). The van der Waals surface area contributed by atoms with Crippen LogP contribution in [0.2, 0.25) is 0 Å². The summed E-state index contributed by atoms with van der Waals surface area (Å²) in [6, 6.07) is 3.03. The average Bonchev–Trinajstić information content (AvgIpc) is 2.52. The normalized spacial score (nSPS) is 10.5. The SMILES string of the molecule is Cc1nc2c(C(=O)O)cccn2c1C=O. The second kappa shape index (κ2) is 3.20. The zero-order valence-corrected chi connectivity index (χ0v) is 7.97. The molecule has 0 saturated heterocycles. The van der Waals surface area contributed by atoms with Gasteiger partial charge in [0.2, 0.25) is 0 Å². The van der Waals surface area contributed by atoms with E-state index in [2.05, 4.69) is 4.98 Å². The molecule has 5 heteroatoms. The largest absolute Gasteiger partial charge is 0.478 e. The Morgan fingerprint density at radius 3 is 2.93 bits per heavy atom. The van der Waals surface area contributed by atoms with Crippen molar-refractivity contribution < 1.29 is 14.7 Å². The van der Waals surface area contributed by atoms with E-state index in [-0.39, 0.29) is 5.56 Å². The number of carboxylic acid groups (broad SMARTS) is 1. The monoisotopic (exact) mass is 204 g/mol. The second-order valence-corrected chi connectivity index (χ2v) is 3.12. The first-order chi connectivity index (χ1) is 7.15. The van der Waals surface area contributed by atoms with Crippen LogP contribution in [0.3, 0.4) is 0 Å². The summed E-state index contributed by atoms with van der Waals surface area (Å²) in [4.78, 5) is 25.7. The molecule has 5 nitrogen and oxygen atoms in total. The Labute approximate surface area is 85.0 Å². The van der Waals surface area contributed by atoms with E-state index in [1.165, 1.54) is 10.5 Å². The fourth-order valence-corrected chi connectivity index (χ4v) is 1.51. The van der Waals surface area contributed by atoms with Crippen molar-refractivity contribution in [1.29, 1.82) is 0 Å². The van der Waals surface area contributed by atoms with Gasteiger partial charge in [0.05, 0.1) is 5.69 Å². The van der Waals surface area contributed by atoms with E-state index >= 15 is 0 Å². The first kappa shape index (κ1) is 9.39. The number of carboxylic acids is 1. The summed E-state index contributed by atoms with van der Waals surface area (Å²) in [6.45, 7) is 1.67. The van der Waals surface area contributed by atoms with Gasteiger partial charge in [-0.05, 0) is 19.1 Å². The zero-order valence-electron chi connectivity index (χ0n) is 7.97. The van der Waals surface area contributed by atoms with Crippen LogP contribution in [0.25, 0.3) is 5.65 Å². The van der Waals surface area contributed by atoms with Crippen molar-refractivity contribution in [2.45, 2.75) is 6.92 Å². The van der Waals surface area contributed by atoms with Crippen LogP contribution in [0.15, 0.2) is 18.3 Å². The van der Waals surface area contributed by atoms with Crippen LogP contribution in [-0.4, -0.2) is 26.7 Å². The molecule has 2 aromatic rings. The molecule has 1 N–H and O–H groups in total. The number of carbonyl (C=O) groups is 2. The van der Waals surface area contributed by atoms with Crippen molar-refractivity contribution in [3.8, 4) is 0 Å². The molecule has 0 aliphatic heterocycles. The minimum absolute atomic E-state index is 0.0914. The number of aromatic nitrogens is 2. The van der Waals surface area contributed by atoms with Gasteiger partial charge in [0, 0.05) is 6.20 Å². The fourth-order valence-electron chi connectivity index (χ4n) is 1.51. The van der Waals surface area contributed by atoms with E-state index in [1.54, 1.807) is 19.2 Å². The van der Waals surface area contributed by atoms with Gasteiger partial charge in [-0.15, -0.1) is 0 Å². The molecule has 0 atom stereocenters. The molecule has 2 aromatic heterocycles. The van der Waals surface area contributed by atoms with Gasteiger partial charge in [0.25, 0.3) is 0 Å². The highest BCUT2D eigenvalue weighted by Gasteiger charge is 2.14. The summed E-state index contributed by atoms with van der Waals surface area (Å²) in [5.41, 5.74) is 1.30. The molecule has 0 aliphatic carbocycles. The highest BCUT2D eigenvalue weighted by Crippen LogP contribution is 2.14. The van der Waals surface area contributed by atoms with Crippen molar-refractivity contribution >= 4 is 17.9 Å². The number of pyridine rings is 1. The smallest absolute Gasteiger partial charge is 0.339 e. The van der Waals surface area contributed by atoms with Crippen molar-refractivity contribution in [1.82, 2.24) is 9.38 Å². The van der Waals surface area contributed by atoms with Crippen LogP contribution in [0.5, 0.6) is 0 Å². The Kier molecular flexibility index (Phi) is 2.00. The van der Waals surface area contributed by atoms with E-state index < -0.39 is 5.97 Å². The average molecular weight is 204 g/mol. The molecule has 0 fully saturated rings. The highest BCUT2D eigenvalue weighted by molar-refractivity contribution is 5.95. The van der Waals surface area contributed by atoms with Gasteiger partial charge in [-0.25, -0.2) is 9.78 Å². The number of aromatic carboxylic acids is 1. The van der Waals surface area contributed by atoms with Crippen molar-refractivity contribution in [3.05, 3.63) is 35.3 Å².